The predicted octanol–water partition coefficient (Wildman–Crippen LogP) is 2.90. The first-order valence-electron chi connectivity index (χ1n) is 7.28. The van der Waals surface area contributed by atoms with Gasteiger partial charge in [0, 0.05) is 31.6 Å². The molecule has 0 fully saturated rings. The molecule has 0 spiro atoms. The molecule has 1 aliphatic rings. The monoisotopic (exact) mass is 250 g/mol. The van der Waals surface area contributed by atoms with Gasteiger partial charge in [-0.15, -0.1) is 0 Å². The van der Waals surface area contributed by atoms with Crippen LogP contribution in [0.15, 0.2) is 12.4 Å². The number of fused-ring (bicyclic) bond motifs is 1. The van der Waals surface area contributed by atoms with Gasteiger partial charge in [-0.25, -0.2) is 0 Å². The molecule has 0 amide bonds. The van der Waals surface area contributed by atoms with Gasteiger partial charge in [0.15, 0.2) is 0 Å². The molecule has 1 aromatic rings. The quantitative estimate of drug-likeness (QED) is 0.753. The maximum atomic E-state index is 5.63. The van der Waals surface area contributed by atoms with E-state index in [9.17, 15) is 0 Å². The lowest BCUT2D eigenvalue weighted by Crippen LogP contribution is -2.20. The number of ether oxygens (including phenoxy) is 1. The van der Waals surface area contributed by atoms with E-state index in [4.69, 9.17) is 4.74 Å². The van der Waals surface area contributed by atoms with Crippen LogP contribution in [0.2, 0.25) is 0 Å². The lowest BCUT2D eigenvalue weighted by molar-refractivity contribution is 0.123. The Bertz CT molecular complexity index is 359. The maximum Gasteiger partial charge on any atom is 0.0645 e. The van der Waals surface area contributed by atoms with Crippen LogP contribution in [0, 0.1) is 0 Å². The lowest BCUT2D eigenvalue weighted by Gasteiger charge is -2.21. The highest BCUT2D eigenvalue weighted by Crippen LogP contribution is 2.29. The molecular formula is C15H26N2O. The van der Waals surface area contributed by atoms with Gasteiger partial charge in [0.2, 0.25) is 0 Å². The highest BCUT2D eigenvalue weighted by Gasteiger charge is 2.20. The summed E-state index contributed by atoms with van der Waals surface area (Å²) in [6, 6.07) is 0.552. The fourth-order valence-corrected chi connectivity index (χ4v) is 2.70. The average molecular weight is 250 g/mol. The Morgan fingerprint density at radius 3 is 3.06 bits per heavy atom. The van der Waals surface area contributed by atoms with E-state index in [1.807, 2.05) is 0 Å². The van der Waals surface area contributed by atoms with Crippen LogP contribution in [0.4, 0.5) is 0 Å². The minimum absolute atomic E-state index is 0.552. The number of nitrogens with zero attached hydrogens (tertiary/aromatic N) is 1. The Morgan fingerprint density at radius 2 is 2.28 bits per heavy atom. The third-order valence-corrected chi connectivity index (χ3v) is 3.80. The van der Waals surface area contributed by atoms with Crippen LogP contribution in [0.3, 0.4) is 0 Å². The molecule has 1 aromatic heterocycles. The molecule has 0 aromatic carbocycles. The normalized spacial score (nSPS) is 18.9. The summed E-state index contributed by atoms with van der Waals surface area (Å²) in [5.74, 6) is 0. The summed E-state index contributed by atoms with van der Waals surface area (Å²) in [7, 11) is 2.06. The van der Waals surface area contributed by atoms with Gasteiger partial charge in [-0.1, -0.05) is 13.3 Å². The van der Waals surface area contributed by atoms with E-state index in [1.54, 1.807) is 0 Å². The van der Waals surface area contributed by atoms with Crippen LogP contribution in [0.25, 0.3) is 0 Å². The highest BCUT2D eigenvalue weighted by atomic mass is 16.5. The van der Waals surface area contributed by atoms with Crippen molar-refractivity contribution in [2.45, 2.75) is 51.6 Å². The third-order valence-electron chi connectivity index (χ3n) is 3.80. The van der Waals surface area contributed by atoms with Crippen LogP contribution in [0.5, 0.6) is 0 Å². The fraction of sp³-hybridized carbons (Fsp3) is 0.733. The fourth-order valence-electron chi connectivity index (χ4n) is 2.70. The number of nitrogens with one attached hydrogen (secondary N) is 1. The van der Waals surface area contributed by atoms with E-state index in [2.05, 4.69) is 36.2 Å². The van der Waals surface area contributed by atoms with Crippen molar-refractivity contribution >= 4 is 0 Å². The third kappa shape index (κ3) is 3.36. The van der Waals surface area contributed by atoms with Crippen LogP contribution >= 0.6 is 0 Å². The molecule has 102 valence electrons. The van der Waals surface area contributed by atoms with E-state index in [0.717, 1.165) is 19.8 Å². The molecule has 1 atom stereocenters. The standard InChI is InChI=1S/C15H26N2O/c1-3-4-9-18-10-8-17-11-13-6-5-7-15(16-2)14(13)12-17/h11-12,15-16H,3-10H2,1-2H3. The maximum absolute atomic E-state index is 5.63. The van der Waals surface area contributed by atoms with Gasteiger partial charge in [-0.05, 0) is 43.9 Å². The molecule has 1 unspecified atom stereocenters. The largest absolute Gasteiger partial charge is 0.380 e. The van der Waals surface area contributed by atoms with Gasteiger partial charge < -0.3 is 14.6 Å². The Hall–Kier alpha value is -0.800. The molecule has 0 saturated carbocycles. The summed E-state index contributed by atoms with van der Waals surface area (Å²) in [6.07, 6.45) is 10.8. The topological polar surface area (TPSA) is 26.2 Å². The van der Waals surface area contributed by atoms with Crippen LogP contribution < -0.4 is 5.32 Å². The molecule has 0 saturated heterocycles. The zero-order valence-corrected chi connectivity index (χ0v) is 11.7. The zero-order chi connectivity index (χ0) is 12.8. The van der Waals surface area contributed by atoms with Crippen LogP contribution in [0.1, 0.15) is 49.8 Å². The summed E-state index contributed by atoms with van der Waals surface area (Å²) in [4.78, 5) is 0. The summed E-state index contributed by atoms with van der Waals surface area (Å²) >= 11 is 0. The second kappa shape index (κ2) is 6.95. The molecule has 0 radical (unpaired) electrons. The lowest BCUT2D eigenvalue weighted by atomic mass is 9.91. The number of aryl methyl sites for hydroxylation is 1. The Kier molecular flexibility index (Phi) is 5.26. The Labute approximate surface area is 111 Å². The highest BCUT2D eigenvalue weighted by molar-refractivity contribution is 5.30. The van der Waals surface area contributed by atoms with Crippen molar-refractivity contribution in [3.63, 3.8) is 0 Å². The molecule has 3 heteroatoms. The smallest absolute Gasteiger partial charge is 0.0645 e. The minimum atomic E-state index is 0.552. The van der Waals surface area contributed by atoms with Crippen molar-refractivity contribution in [1.82, 2.24) is 9.88 Å². The van der Waals surface area contributed by atoms with Crippen molar-refractivity contribution < 1.29 is 4.74 Å². The Morgan fingerprint density at radius 1 is 1.39 bits per heavy atom. The minimum Gasteiger partial charge on any atom is -0.380 e. The molecule has 0 aliphatic heterocycles. The molecule has 1 N–H and O–H groups in total. The van der Waals surface area contributed by atoms with Crippen molar-refractivity contribution in [2.24, 2.45) is 0 Å². The van der Waals surface area contributed by atoms with Crippen molar-refractivity contribution in [1.29, 1.82) is 0 Å². The van der Waals surface area contributed by atoms with E-state index in [0.29, 0.717) is 6.04 Å². The molecule has 18 heavy (non-hydrogen) atoms. The SMILES string of the molecule is CCCCOCCn1cc2c(c1)C(NC)CCC2. The van der Waals surface area contributed by atoms with Gasteiger partial charge >= 0.3 is 0 Å². The van der Waals surface area contributed by atoms with Crippen molar-refractivity contribution in [2.75, 3.05) is 20.3 Å². The van der Waals surface area contributed by atoms with E-state index in [-0.39, 0.29) is 0 Å². The molecule has 1 heterocycles. The number of aromatic nitrogens is 1. The summed E-state index contributed by atoms with van der Waals surface area (Å²) in [5, 5.41) is 3.41. The molecule has 3 nitrogen and oxygen atoms in total. The molecule has 0 bridgehead atoms. The average Bonchev–Trinajstić information content (AvgIpc) is 2.81. The first-order chi connectivity index (χ1) is 8.85. The molecule has 2 rings (SSSR count). The second-order valence-corrected chi connectivity index (χ2v) is 5.18. The number of rotatable bonds is 7. The van der Waals surface area contributed by atoms with Gasteiger partial charge in [0.1, 0.15) is 0 Å². The van der Waals surface area contributed by atoms with Gasteiger partial charge in [-0.3, -0.25) is 0 Å². The van der Waals surface area contributed by atoms with Crippen LogP contribution in [-0.4, -0.2) is 24.8 Å². The second-order valence-electron chi connectivity index (χ2n) is 5.18. The van der Waals surface area contributed by atoms with Crippen molar-refractivity contribution in [3.8, 4) is 0 Å². The van der Waals surface area contributed by atoms with E-state index < -0.39 is 0 Å². The van der Waals surface area contributed by atoms with Gasteiger partial charge in [-0.2, -0.15) is 0 Å². The van der Waals surface area contributed by atoms with Crippen molar-refractivity contribution in [3.05, 3.63) is 23.5 Å². The first-order valence-corrected chi connectivity index (χ1v) is 7.28. The zero-order valence-electron chi connectivity index (χ0n) is 11.7. The van der Waals surface area contributed by atoms with E-state index >= 15 is 0 Å². The number of unbranched alkanes of at least 4 members (excludes halogenated alkanes) is 1. The summed E-state index contributed by atoms with van der Waals surface area (Å²) < 4.78 is 7.92. The summed E-state index contributed by atoms with van der Waals surface area (Å²) in [6.45, 7) is 4.91. The van der Waals surface area contributed by atoms with E-state index in [1.165, 1.54) is 43.2 Å². The molecular weight excluding hydrogens is 224 g/mol. The first kappa shape index (κ1) is 13.6. The van der Waals surface area contributed by atoms with Gasteiger partial charge in [0.05, 0.1) is 6.61 Å². The summed E-state index contributed by atoms with van der Waals surface area (Å²) in [5.41, 5.74) is 3.02. The predicted molar refractivity (Wildman–Crippen MR) is 74.9 cm³/mol. The number of hydrogen-bond acceptors (Lipinski definition) is 2. The van der Waals surface area contributed by atoms with Gasteiger partial charge in [0.25, 0.3) is 0 Å². The molecule has 1 aliphatic carbocycles. The Balaban J connectivity index is 1.85. The van der Waals surface area contributed by atoms with Crippen LogP contribution in [-0.2, 0) is 17.7 Å². The number of hydrogen-bond donors (Lipinski definition) is 1.